The van der Waals surface area contributed by atoms with E-state index in [9.17, 15) is 4.79 Å². The molecule has 3 rings (SSSR count). The number of hydrogen-bond donors (Lipinski definition) is 1. The zero-order valence-electron chi connectivity index (χ0n) is 20.3. The highest BCUT2D eigenvalue weighted by molar-refractivity contribution is 5.77. The van der Waals surface area contributed by atoms with Gasteiger partial charge in [-0.3, -0.25) is 4.79 Å². The summed E-state index contributed by atoms with van der Waals surface area (Å²) >= 11 is 0. The lowest BCUT2D eigenvalue weighted by Gasteiger charge is -2.24. The van der Waals surface area contributed by atoms with Crippen LogP contribution in [0.4, 0.5) is 5.82 Å². The summed E-state index contributed by atoms with van der Waals surface area (Å²) in [5, 5.41) is 3.45. The van der Waals surface area contributed by atoms with E-state index < -0.39 is 0 Å². The molecule has 32 heavy (non-hydrogen) atoms. The lowest BCUT2D eigenvalue weighted by atomic mass is 9.87. The van der Waals surface area contributed by atoms with Crippen molar-refractivity contribution >= 4 is 11.7 Å². The van der Waals surface area contributed by atoms with Crippen molar-refractivity contribution < 1.29 is 9.53 Å². The van der Waals surface area contributed by atoms with E-state index in [1.165, 1.54) is 5.56 Å². The van der Waals surface area contributed by atoms with Crippen molar-refractivity contribution in [2.24, 2.45) is 0 Å². The number of carbonyl (C=O) groups excluding carboxylic acids is 1. The van der Waals surface area contributed by atoms with Crippen LogP contribution in [-0.4, -0.2) is 61.6 Å². The number of nitrogens with zero attached hydrogens (tertiary/aromatic N) is 4. The summed E-state index contributed by atoms with van der Waals surface area (Å²) in [4.78, 5) is 25.7. The van der Waals surface area contributed by atoms with Crippen LogP contribution >= 0.6 is 0 Å². The summed E-state index contributed by atoms with van der Waals surface area (Å²) in [6.07, 6.45) is 2.26. The molecule has 7 nitrogen and oxygen atoms in total. The van der Waals surface area contributed by atoms with E-state index in [2.05, 4.69) is 37.1 Å². The molecule has 7 heteroatoms. The van der Waals surface area contributed by atoms with Gasteiger partial charge in [0, 0.05) is 39.7 Å². The van der Waals surface area contributed by atoms with Gasteiger partial charge in [0.1, 0.15) is 17.4 Å². The fourth-order valence-electron chi connectivity index (χ4n) is 3.72. The molecule has 2 aromatic rings. The molecule has 1 aromatic heterocycles. The second-order valence-electron chi connectivity index (χ2n) is 9.82. The number of ether oxygens (including phenoxy) is 1. The van der Waals surface area contributed by atoms with E-state index in [1.807, 2.05) is 43.3 Å². The van der Waals surface area contributed by atoms with Crippen molar-refractivity contribution in [1.29, 1.82) is 0 Å². The Morgan fingerprint density at radius 3 is 2.47 bits per heavy atom. The summed E-state index contributed by atoms with van der Waals surface area (Å²) in [5.41, 5.74) is 2.36. The highest BCUT2D eigenvalue weighted by atomic mass is 16.5. The van der Waals surface area contributed by atoms with E-state index in [4.69, 9.17) is 9.72 Å². The number of likely N-dealkylation sites (N-methyl/N-ethyl adjacent to an activating group) is 1. The van der Waals surface area contributed by atoms with Crippen LogP contribution in [0.25, 0.3) is 0 Å². The molecule has 1 fully saturated rings. The first-order valence-electron chi connectivity index (χ1n) is 11.4. The highest BCUT2D eigenvalue weighted by Crippen LogP contribution is 2.25. The molecule has 0 radical (unpaired) electrons. The Hall–Kier alpha value is -2.67. The van der Waals surface area contributed by atoms with Gasteiger partial charge >= 0.3 is 0 Å². The maximum absolute atomic E-state index is 12.7. The second kappa shape index (κ2) is 10.3. The summed E-state index contributed by atoms with van der Waals surface area (Å²) in [6, 6.07) is 9.99. The number of anilines is 1. The standard InChI is InChI=1S/C25H37N5O2/c1-25(2,3)19-9-11-20(12-10-19)32-17-24(31)30(6)16-22-27-21(14-23(28-22)29(4)5)18-8-7-13-26-15-18/h9-12,14,18,26H,7-8,13,15-17H2,1-6H3/t18-/m1/s1. The summed E-state index contributed by atoms with van der Waals surface area (Å²) < 4.78 is 5.73. The van der Waals surface area contributed by atoms with Crippen LogP contribution in [0.2, 0.25) is 0 Å². The Balaban J connectivity index is 1.63. The third-order valence-electron chi connectivity index (χ3n) is 5.84. The quantitative estimate of drug-likeness (QED) is 0.714. The van der Waals surface area contributed by atoms with E-state index in [0.717, 1.165) is 37.4 Å². The molecule has 2 heterocycles. The third-order valence-corrected chi connectivity index (χ3v) is 5.84. The van der Waals surface area contributed by atoms with E-state index in [0.29, 0.717) is 24.0 Å². The fraction of sp³-hybridized carbons (Fsp3) is 0.560. The molecule has 1 aliphatic heterocycles. The van der Waals surface area contributed by atoms with Gasteiger partial charge in [0.25, 0.3) is 5.91 Å². The lowest BCUT2D eigenvalue weighted by Crippen LogP contribution is -2.32. The van der Waals surface area contributed by atoms with Crippen molar-refractivity contribution in [2.75, 3.05) is 45.7 Å². The minimum Gasteiger partial charge on any atom is -0.484 e. The number of nitrogens with one attached hydrogen (secondary N) is 1. The van der Waals surface area contributed by atoms with Crippen LogP contribution in [-0.2, 0) is 16.8 Å². The molecule has 0 bridgehead atoms. The number of piperidine rings is 1. The average Bonchev–Trinajstić information content (AvgIpc) is 2.77. The smallest absolute Gasteiger partial charge is 0.260 e. The van der Waals surface area contributed by atoms with Crippen molar-refractivity contribution in [2.45, 2.75) is 51.5 Å². The van der Waals surface area contributed by atoms with Crippen molar-refractivity contribution in [3.8, 4) is 5.75 Å². The number of hydrogen-bond acceptors (Lipinski definition) is 6. The fourth-order valence-corrected chi connectivity index (χ4v) is 3.72. The van der Waals surface area contributed by atoms with Crippen LogP contribution < -0.4 is 15.0 Å². The summed E-state index contributed by atoms with van der Waals surface area (Å²) in [5.74, 6) is 2.49. The molecule has 174 valence electrons. The Morgan fingerprint density at radius 1 is 1.16 bits per heavy atom. The molecule has 1 atom stereocenters. The highest BCUT2D eigenvalue weighted by Gasteiger charge is 2.20. The van der Waals surface area contributed by atoms with Crippen LogP contribution in [0.5, 0.6) is 5.75 Å². The van der Waals surface area contributed by atoms with Crippen LogP contribution in [0, 0.1) is 0 Å². The van der Waals surface area contributed by atoms with E-state index in [-0.39, 0.29) is 17.9 Å². The number of benzene rings is 1. The molecular weight excluding hydrogens is 402 g/mol. The Morgan fingerprint density at radius 2 is 1.88 bits per heavy atom. The molecule has 1 saturated heterocycles. The van der Waals surface area contributed by atoms with Gasteiger partial charge in [0.05, 0.1) is 12.2 Å². The van der Waals surface area contributed by atoms with E-state index in [1.54, 1.807) is 11.9 Å². The molecule has 1 N–H and O–H groups in total. The van der Waals surface area contributed by atoms with Gasteiger partial charge in [-0.2, -0.15) is 0 Å². The van der Waals surface area contributed by atoms with E-state index >= 15 is 0 Å². The van der Waals surface area contributed by atoms with Gasteiger partial charge in [-0.1, -0.05) is 32.9 Å². The zero-order chi connectivity index (χ0) is 23.3. The van der Waals surface area contributed by atoms with Gasteiger partial charge in [-0.25, -0.2) is 9.97 Å². The van der Waals surface area contributed by atoms with Gasteiger partial charge in [-0.05, 0) is 42.5 Å². The molecule has 0 aliphatic carbocycles. The van der Waals surface area contributed by atoms with Gasteiger partial charge in [0.15, 0.2) is 6.61 Å². The normalized spacial score (nSPS) is 16.5. The van der Waals surface area contributed by atoms with Crippen molar-refractivity contribution in [1.82, 2.24) is 20.2 Å². The minimum absolute atomic E-state index is 0.0157. The molecule has 0 unspecified atom stereocenters. The summed E-state index contributed by atoms with van der Waals surface area (Å²) in [7, 11) is 5.72. The summed E-state index contributed by atoms with van der Waals surface area (Å²) in [6.45, 7) is 8.84. The SMILES string of the molecule is CN(Cc1nc([C@@H]2CCCNC2)cc(N(C)C)n1)C(=O)COc1ccc(C(C)(C)C)cc1. The Kier molecular flexibility index (Phi) is 7.72. The first-order valence-corrected chi connectivity index (χ1v) is 11.4. The minimum atomic E-state index is -0.107. The average molecular weight is 440 g/mol. The number of aromatic nitrogens is 2. The largest absolute Gasteiger partial charge is 0.484 e. The molecule has 1 amide bonds. The predicted octanol–water partition coefficient (Wildman–Crippen LogP) is 3.34. The van der Waals surface area contributed by atoms with Crippen LogP contribution in [0.15, 0.2) is 30.3 Å². The predicted molar refractivity (Wildman–Crippen MR) is 128 cm³/mol. The maximum atomic E-state index is 12.7. The maximum Gasteiger partial charge on any atom is 0.260 e. The topological polar surface area (TPSA) is 70.6 Å². The Labute approximate surface area is 192 Å². The zero-order valence-corrected chi connectivity index (χ0v) is 20.3. The van der Waals surface area contributed by atoms with Crippen LogP contribution in [0.1, 0.15) is 56.6 Å². The molecule has 1 aromatic carbocycles. The number of amides is 1. The molecule has 0 saturated carbocycles. The molecule has 1 aliphatic rings. The third kappa shape index (κ3) is 6.42. The van der Waals surface area contributed by atoms with Crippen molar-refractivity contribution in [3.05, 3.63) is 47.4 Å². The number of carbonyl (C=O) groups is 1. The first-order chi connectivity index (χ1) is 15.1. The molecular formula is C25H37N5O2. The molecule has 0 spiro atoms. The van der Waals surface area contributed by atoms with Gasteiger partial charge in [0.2, 0.25) is 0 Å². The first kappa shape index (κ1) is 24.0. The van der Waals surface area contributed by atoms with Crippen LogP contribution in [0.3, 0.4) is 0 Å². The Bertz CT molecular complexity index is 900. The van der Waals surface area contributed by atoms with Gasteiger partial charge in [-0.15, -0.1) is 0 Å². The second-order valence-corrected chi connectivity index (χ2v) is 9.82. The number of rotatable bonds is 7. The van der Waals surface area contributed by atoms with Gasteiger partial charge < -0.3 is 19.9 Å². The lowest BCUT2D eigenvalue weighted by molar-refractivity contribution is -0.132. The van der Waals surface area contributed by atoms with Crippen molar-refractivity contribution in [3.63, 3.8) is 0 Å². The monoisotopic (exact) mass is 439 g/mol.